The van der Waals surface area contributed by atoms with E-state index in [4.69, 9.17) is 0 Å². The SMILES string of the molecule is Cc1ccc(C(=O)Nc2ccc(S(=O)(=O)N3C(C)CCCC3C)cc2)cc1I. The van der Waals surface area contributed by atoms with Crippen molar-refractivity contribution in [3.05, 3.63) is 57.2 Å². The van der Waals surface area contributed by atoms with Crippen LogP contribution in [0.3, 0.4) is 0 Å². The lowest BCUT2D eigenvalue weighted by molar-refractivity contribution is 0.102. The van der Waals surface area contributed by atoms with Crippen LogP contribution >= 0.6 is 22.6 Å². The van der Waals surface area contributed by atoms with Crippen molar-refractivity contribution in [1.29, 1.82) is 0 Å². The molecule has 1 heterocycles. The van der Waals surface area contributed by atoms with Gasteiger partial charge in [0.25, 0.3) is 5.91 Å². The smallest absolute Gasteiger partial charge is 0.255 e. The van der Waals surface area contributed by atoms with Crippen LogP contribution in [0.1, 0.15) is 49.0 Å². The molecule has 0 aromatic heterocycles. The highest BCUT2D eigenvalue weighted by molar-refractivity contribution is 14.1. The number of benzene rings is 2. The molecule has 1 aliphatic rings. The number of aryl methyl sites for hydroxylation is 1. The van der Waals surface area contributed by atoms with Crippen LogP contribution in [0.15, 0.2) is 47.4 Å². The number of sulfonamides is 1. The molecule has 5 nitrogen and oxygen atoms in total. The first-order chi connectivity index (χ1) is 13.2. The third-order valence-corrected chi connectivity index (χ3v) is 8.54. The van der Waals surface area contributed by atoms with Gasteiger partial charge in [-0.3, -0.25) is 4.79 Å². The summed E-state index contributed by atoms with van der Waals surface area (Å²) in [6.45, 7) is 5.92. The number of carbonyl (C=O) groups is 1. The number of amides is 1. The van der Waals surface area contributed by atoms with Gasteiger partial charge in [-0.1, -0.05) is 12.5 Å². The minimum atomic E-state index is -3.55. The van der Waals surface area contributed by atoms with Gasteiger partial charge in [0.1, 0.15) is 0 Å². The van der Waals surface area contributed by atoms with Gasteiger partial charge in [-0.25, -0.2) is 8.42 Å². The molecule has 28 heavy (non-hydrogen) atoms. The van der Waals surface area contributed by atoms with Crippen LogP contribution in [0.25, 0.3) is 0 Å². The monoisotopic (exact) mass is 512 g/mol. The fourth-order valence-electron chi connectivity index (χ4n) is 3.64. The van der Waals surface area contributed by atoms with Gasteiger partial charge in [-0.05, 0) is 98.2 Å². The van der Waals surface area contributed by atoms with Gasteiger partial charge in [0, 0.05) is 26.9 Å². The second kappa shape index (κ2) is 8.51. The van der Waals surface area contributed by atoms with Gasteiger partial charge in [0.2, 0.25) is 10.0 Å². The van der Waals surface area contributed by atoms with Crippen molar-refractivity contribution in [3.8, 4) is 0 Å². The highest BCUT2D eigenvalue weighted by Gasteiger charge is 2.35. The van der Waals surface area contributed by atoms with Crippen LogP contribution in [0, 0.1) is 10.5 Å². The molecule has 1 saturated heterocycles. The first kappa shape index (κ1) is 21.3. The molecule has 2 unspecified atom stereocenters. The number of rotatable bonds is 4. The van der Waals surface area contributed by atoms with E-state index >= 15 is 0 Å². The summed E-state index contributed by atoms with van der Waals surface area (Å²) in [5, 5.41) is 2.83. The minimum Gasteiger partial charge on any atom is -0.322 e. The minimum absolute atomic E-state index is 0.00265. The number of nitrogens with zero attached hydrogens (tertiary/aromatic N) is 1. The molecule has 1 N–H and O–H groups in total. The third-order valence-electron chi connectivity index (χ3n) is 5.23. The third kappa shape index (κ3) is 4.41. The average molecular weight is 512 g/mol. The Morgan fingerprint density at radius 1 is 1.07 bits per heavy atom. The molecule has 0 bridgehead atoms. The predicted molar refractivity (Wildman–Crippen MR) is 120 cm³/mol. The molecular formula is C21H25IN2O3S. The first-order valence-corrected chi connectivity index (χ1v) is 11.9. The molecule has 0 spiro atoms. The molecule has 1 fully saturated rings. The maximum atomic E-state index is 13.1. The van der Waals surface area contributed by atoms with Gasteiger partial charge in [-0.15, -0.1) is 0 Å². The van der Waals surface area contributed by atoms with Crippen molar-refractivity contribution in [2.24, 2.45) is 0 Å². The van der Waals surface area contributed by atoms with E-state index < -0.39 is 10.0 Å². The van der Waals surface area contributed by atoms with Crippen molar-refractivity contribution >= 4 is 44.2 Å². The van der Waals surface area contributed by atoms with Crippen molar-refractivity contribution < 1.29 is 13.2 Å². The number of halogens is 1. The largest absolute Gasteiger partial charge is 0.322 e. The molecule has 2 aromatic carbocycles. The molecular weight excluding hydrogens is 487 g/mol. The van der Waals surface area contributed by atoms with Crippen LogP contribution in [0.5, 0.6) is 0 Å². The summed E-state index contributed by atoms with van der Waals surface area (Å²) < 4.78 is 28.8. The number of anilines is 1. The zero-order valence-electron chi connectivity index (χ0n) is 16.3. The fraction of sp³-hybridized carbons (Fsp3) is 0.381. The van der Waals surface area contributed by atoms with Gasteiger partial charge in [0.15, 0.2) is 0 Å². The second-order valence-electron chi connectivity index (χ2n) is 7.41. The summed E-state index contributed by atoms with van der Waals surface area (Å²) in [6, 6.07) is 11.9. The van der Waals surface area contributed by atoms with Crippen molar-refractivity contribution in [1.82, 2.24) is 4.31 Å². The number of hydrogen-bond acceptors (Lipinski definition) is 3. The first-order valence-electron chi connectivity index (χ1n) is 9.41. The quantitative estimate of drug-likeness (QED) is 0.599. The standard InChI is InChI=1S/C21H25IN2O3S/c1-14-7-8-17(13-20(14)22)21(25)23-18-9-11-19(12-10-18)28(26,27)24-15(2)5-4-6-16(24)3/h7-13,15-16H,4-6H2,1-3H3,(H,23,25). The summed E-state index contributed by atoms with van der Waals surface area (Å²) >= 11 is 2.20. The predicted octanol–water partition coefficient (Wildman–Crippen LogP) is 4.80. The Labute approximate surface area is 180 Å². The number of carbonyl (C=O) groups excluding carboxylic acids is 1. The number of piperidine rings is 1. The lowest BCUT2D eigenvalue weighted by Crippen LogP contribution is -2.47. The van der Waals surface area contributed by atoms with E-state index in [0.29, 0.717) is 11.3 Å². The summed E-state index contributed by atoms with van der Waals surface area (Å²) in [6.07, 6.45) is 2.82. The van der Waals surface area contributed by atoms with Crippen LogP contribution in [-0.4, -0.2) is 30.7 Å². The van der Waals surface area contributed by atoms with Crippen molar-refractivity contribution in [2.45, 2.75) is 57.0 Å². The number of hydrogen-bond donors (Lipinski definition) is 1. The Bertz CT molecular complexity index is 964. The topological polar surface area (TPSA) is 66.5 Å². The molecule has 7 heteroatoms. The maximum absolute atomic E-state index is 13.1. The number of nitrogens with one attached hydrogen (secondary N) is 1. The Hall–Kier alpha value is -1.45. The highest BCUT2D eigenvalue weighted by Crippen LogP contribution is 2.30. The Morgan fingerprint density at radius 2 is 1.68 bits per heavy atom. The van der Waals surface area contributed by atoms with E-state index in [1.165, 1.54) is 0 Å². The molecule has 0 radical (unpaired) electrons. The van der Waals surface area contributed by atoms with Crippen LogP contribution in [-0.2, 0) is 10.0 Å². The molecule has 0 saturated carbocycles. The maximum Gasteiger partial charge on any atom is 0.255 e. The molecule has 1 amide bonds. The summed E-state index contributed by atoms with van der Waals surface area (Å²) in [7, 11) is -3.55. The molecule has 2 aromatic rings. The summed E-state index contributed by atoms with van der Waals surface area (Å²) in [5.41, 5.74) is 2.26. The lowest BCUT2D eigenvalue weighted by atomic mass is 10.0. The van der Waals surface area contributed by atoms with Crippen LogP contribution < -0.4 is 5.32 Å². The summed E-state index contributed by atoms with van der Waals surface area (Å²) in [4.78, 5) is 12.7. The molecule has 2 atom stereocenters. The molecule has 1 aliphatic heterocycles. The van der Waals surface area contributed by atoms with Gasteiger partial charge in [-0.2, -0.15) is 4.31 Å². The van der Waals surface area contributed by atoms with Crippen LogP contribution in [0.4, 0.5) is 5.69 Å². The fourth-order valence-corrected chi connectivity index (χ4v) is 6.04. The van der Waals surface area contributed by atoms with E-state index in [1.807, 2.05) is 32.9 Å². The van der Waals surface area contributed by atoms with E-state index in [-0.39, 0.29) is 22.9 Å². The zero-order chi connectivity index (χ0) is 20.5. The molecule has 0 aliphatic carbocycles. The Kier molecular flexibility index (Phi) is 6.46. The zero-order valence-corrected chi connectivity index (χ0v) is 19.2. The van der Waals surface area contributed by atoms with Crippen molar-refractivity contribution in [2.75, 3.05) is 5.32 Å². The Balaban J connectivity index is 1.77. The van der Waals surface area contributed by atoms with Crippen molar-refractivity contribution in [3.63, 3.8) is 0 Å². The second-order valence-corrected chi connectivity index (χ2v) is 10.4. The van der Waals surface area contributed by atoms with E-state index in [2.05, 4.69) is 27.9 Å². The van der Waals surface area contributed by atoms with Gasteiger partial charge in [0.05, 0.1) is 4.90 Å². The highest BCUT2D eigenvalue weighted by atomic mass is 127. The molecule has 150 valence electrons. The summed E-state index contributed by atoms with van der Waals surface area (Å²) in [5.74, 6) is -0.216. The normalized spacial score (nSPS) is 20.7. The molecule has 3 rings (SSSR count). The lowest BCUT2D eigenvalue weighted by Gasteiger charge is -2.37. The Morgan fingerprint density at radius 3 is 2.25 bits per heavy atom. The van der Waals surface area contributed by atoms with E-state index in [1.54, 1.807) is 34.6 Å². The van der Waals surface area contributed by atoms with E-state index in [0.717, 1.165) is 28.4 Å². The van der Waals surface area contributed by atoms with E-state index in [9.17, 15) is 13.2 Å². The average Bonchev–Trinajstić information content (AvgIpc) is 2.64. The van der Waals surface area contributed by atoms with Gasteiger partial charge >= 0.3 is 0 Å². The van der Waals surface area contributed by atoms with Gasteiger partial charge < -0.3 is 5.32 Å². The van der Waals surface area contributed by atoms with Crippen LogP contribution in [0.2, 0.25) is 0 Å².